The number of ether oxygens (including phenoxy) is 1. The van der Waals surface area contributed by atoms with Gasteiger partial charge in [0.2, 0.25) is 21.8 Å². The molecular weight excluding hydrogens is 586 g/mol. The Bertz CT molecular complexity index is 1660. The summed E-state index contributed by atoms with van der Waals surface area (Å²) in [6.45, 7) is 5.50. The number of nitrogens with one attached hydrogen (secondary N) is 1. The maximum Gasteiger partial charge on any atom is 0.244 e. The minimum Gasteiger partial charge on any atom is -0.457 e. The summed E-state index contributed by atoms with van der Waals surface area (Å²) in [5, 5.41) is 3.05. The fourth-order valence-corrected chi connectivity index (χ4v) is 5.73. The molecular formula is C36H41N3O5S. The number of anilines is 1. The van der Waals surface area contributed by atoms with E-state index in [1.54, 1.807) is 24.3 Å². The van der Waals surface area contributed by atoms with E-state index in [0.29, 0.717) is 17.2 Å². The SMILES string of the molecule is CC[C@H](C)NC(=O)[C@@H](Cc1ccccc1)N(Cc1ccccc1C)C(=O)CN(c1ccc(Oc2ccccc2)cc1)S(C)(=O)=O. The molecule has 0 bridgehead atoms. The summed E-state index contributed by atoms with van der Waals surface area (Å²) < 4.78 is 33.1. The molecule has 0 saturated heterocycles. The molecule has 0 aliphatic heterocycles. The molecule has 0 unspecified atom stereocenters. The van der Waals surface area contributed by atoms with Crippen LogP contribution < -0.4 is 14.4 Å². The summed E-state index contributed by atoms with van der Waals surface area (Å²) in [5.74, 6) is 0.389. The van der Waals surface area contributed by atoms with Crippen LogP contribution in [0.2, 0.25) is 0 Å². The zero-order chi connectivity index (χ0) is 32.4. The molecule has 1 N–H and O–H groups in total. The Morgan fingerprint density at radius 1 is 0.822 bits per heavy atom. The van der Waals surface area contributed by atoms with Crippen molar-refractivity contribution in [2.75, 3.05) is 17.1 Å². The number of amides is 2. The van der Waals surface area contributed by atoms with Crippen molar-refractivity contribution in [3.8, 4) is 11.5 Å². The minimum absolute atomic E-state index is 0.102. The standard InChI is InChI=1S/C36H41N3O5S/c1-5-28(3)37-36(41)34(24-29-15-8-6-9-16-29)38(25-30-17-13-12-14-27(30)2)35(40)26-39(45(4,42)43)31-20-22-33(23-21-31)44-32-18-10-7-11-19-32/h6-23,28,34H,5,24-26H2,1-4H3,(H,37,41)/t28-,34+/m0/s1. The van der Waals surface area contributed by atoms with E-state index in [2.05, 4.69) is 5.32 Å². The van der Waals surface area contributed by atoms with E-state index in [1.165, 1.54) is 4.90 Å². The van der Waals surface area contributed by atoms with Crippen molar-refractivity contribution in [1.82, 2.24) is 10.2 Å². The molecule has 4 aromatic carbocycles. The quantitative estimate of drug-likeness (QED) is 0.182. The van der Waals surface area contributed by atoms with E-state index >= 15 is 0 Å². The first-order chi connectivity index (χ1) is 21.5. The van der Waals surface area contributed by atoms with Crippen LogP contribution in [0, 0.1) is 6.92 Å². The maximum absolute atomic E-state index is 14.3. The zero-order valence-electron chi connectivity index (χ0n) is 26.2. The van der Waals surface area contributed by atoms with Crippen LogP contribution in [0.5, 0.6) is 11.5 Å². The number of nitrogens with zero attached hydrogens (tertiary/aromatic N) is 2. The van der Waals surface area contributed by atoms with Crippen LogP contribution in [0.25, 0.3) is 0 Å². The molecule has 0 spiro atoms. The second-order valence-electron chi connectivity index (χ2n) is 11.2. The van der Waals surface area contributed by atoms with Gasteiger partial charge in [0.1, 0.15) is 24.1 Å². The Labute approximate surface area is 266 Å². The summed E-state index contributed by atoms with van der Waals surface area (Å²) in [6.07, 6.45) is 2.06. The largest absolute Gasteiger partial charge is 0.457 e. The summed E-state index contributed by atoms with van der Waals surface area (Å²) in [5.41, 5.74) is 3.03. The van der Waals surface area contributed by atoms with Crippen molar-refractivity contribution in [3.05, 3.63) is 126 Å². The minimum atomic E-state index is -3.88. The molecule has 0 aliphatic carbocycles. The van der Waals surface area contributed by atoms with Crippen molar-refractivity contribution in [2.24, 2.45) is 0 Å². The molecule has 8 nitrogen and oxygen atoms in total. The number of carbonyl (C=O) groups is 2. The second kappa shape index (κ2) is 15.4. The molecule has 236 valence electrons. The first-order valence-corrected chi connectivity index (χ1v) is 16.9. The predicted octanol–water partition coefficient (Wildman–Crippen LogP) is 6.11. The molecule has 4 rings (SSSR count). The maximum atomic E-state index is 14.3. The molecule has 2 amide bonds. The molecule has 45 heavy (non-hydrogen) atoms. The van der Waals surface area contributed by atoms with Gasteiger partial charge in [-0.15, -0.1) is 0 Å². The van der Waals surface area contributed by atoms with Crippen LogP contribution in [0.3, 0.4) is 0 Å². The number of rotatable bonds is 14. The molecule has 2 atom stereocenters. The Balaban J connectivity index is 1.69. The molecule has 0 saturated carbocycles. The smallest absolute Gasteiger partial charge is 0.244 e. The lowest BCUT2D eigenvalue weighted by Crippen LogP contribution is -2.54. The van der Waals surface area contributed by atoms with Gasteiger partial charge in [-0.25, -0.2) is 8.42 Å². The Morgan fingerprint density at radius 3 is 2.00 bits per heavy atom. The van der Waals surface area contributed by atoms with Crippen LogP contribution in [0.4, 0.5) is 5.69 Å². The summed E-state index contributed by atoms with van der Waals surface area (Å²) >= 11 is 0. The van der Waals surface area contributed by atoms with Gasteiger partial charge in [-0.2, -0.15) is 0 Å². The van der Waals surface area contributed by atoms with Crippen molar-refractivity contribution in [1.29, 1.82) is 0 Å². The Hall–Kier alpha value is -4.63. The average molecular weight is 628 g/mol. The van der Waals surface area contributed by atoms with Gasteiger partial charge in [0.05, 0.1) is 11.9 Å². The van der Waals surface area contributed by atoms with Crippen molar-refractivity contribution < 1.29 is 22.7 Å². The first-order valence-electron chi connectivity index (χ1n) is 15.0. The molecule has 0 heterocycles. The average Bonchev–Trinajstić information content (AvgIpc) is 3.03. The number of sulfonamides is 1. The number of hydrogen-bond acceptors (Lipinski definition) is 5. The van der Waals surface area contributed by atoms with Crippen LogP contribution in [-0.4, -0.2) is 50.0 Å². The van der Waals surface area contributed by atoms with Gasteiger partial charge < -0.3 is 15.0 Å². The topological polar surface area (TPSA) is 96.0 Å². The first kappa shape index (κ1) is 33.3. The van der Waals surface area contributed by atoms with E-state index in [0.717, 1.165) is 33.7 Å². The number of benzene rings is 4. The third kappa shape index (κ3) is 9.43. The lowest BCUT2D eigenvalue weighted by Gasteiger charge is -2.34. The highest BCUT2D eigenvalue weighted by atomic mass is 32.2. The fourth-order valence-electron chi connectivity index (χ4n) is 4.88. The van der Waals surface area contributed by atoms with Gasteiger partial charge >= 0.3 is 0 Å². The van der Waals surface area contributed by atoms with Crippen LogP contribution in [-0.2, 0) is 32.6 Å². The van der Waals surface area contributed by atoms with Crippen LogP contribution in [0.15, 0.2) is 109 Å². The van der Waals surface area contributed by atoms with Gasteiger partial charge in [-0.05, 0) is 73.4 Å². The van der Waals surface area contributed by atoms with Gasteiger partial charge in [-0.1, -0.05) is 79.7 Å². The highest BCUT2D eigenvalue weighted by Crippen LogP contribution is 2.26. The third-order valence-electron chi connectivity index (χ3n) is 7.66. The highest BCUT2D eigenvalue weighted by Gasteiger charge is 2.33. The number of hydrogen-bond donors (Lipinski definition) is 1. The van der Waals surface area contributed by atoms with Crippen LogP contribution >= 0.6 is 0 Å². The molecule has 0 aliphatic rings. The van der Waals surface area contributed by atoms with Crippen molar-refractivity contribution in [3.63, 3.8) is 0 Å². The van der Waals surface area contributed by atoms with E-state index in [1.807, 2.05) is 106 Å². The zero-order valence-corrected chi connectivity index (χ0v) is 27.0. The van der Waals surface area contributed by atoms with Gasteiger partial charge in [0.25, 0.3) is 0 Å². The highest BCUT2D eigenvalue weighted by molar-refractivity contribution is 7.92. The number of aryl methyl sites for hydroxylation is 1. The number of para-hydroxylation sites is 1. The van der Waals surface area contributed by atoms with Crippen molar-refractivity contribution in [2.45, 2.75) is 52.2 Å². The monoisotopic (exact) mass is 627 g/mol. The van der Waals surface area contributed by atoms with E-state index in [-0.39, 0.29) is 24.9 Å². The Kier molecular flexibility index (Phi) is 11.4. The molecule has 0 aromatic heterocycles. The summed E-state index contributed by atoms with van der Waals surface area (Å²) in [7, 11) is -3.88. The summed E-state index contributed by atoms with van der Waals surface area (Å²) in [6, 6.07) is 32.0. The lowest BCUT2D eigenvalue weighted by atomic mass is 10.0. The number of carbonyl (C=O) groups excluding carboxylic acids is 2. The van der Waals surface area contributed by atoms with E-state index < -0.39 is 28.5 Å². The molecule has 0 fully saturated rings. The van der Waals surface area contributed by atoms with Gasteiger partial charge in [0.15, 0.2) is 0 Å². The summed E-state index contributed by atoms with van der Waals surface area (Å²) in [4.78, 5) is 29.6. The molecule has 9 heteroatoms. The van der Waals surface area contributed by atoms with Crippen LogP contribution in [0.1, 0.15) is 37.0 Å². The Morgan fingerprint density at radius 2 is 1.40 bits per heavy atom. The predicted molar refractivity (Wildman–Crippen MR) is 179 cm³/mol. The third-order valence-corrected chi connectivity index (χ3v) is 8.80. The second-order valence-corrected chi connectivity index (χ2v) is 13.1. The molecule has 0 radical (unpaired) electrons. The van der Waals surface area contributed by atoms with E-state index in [4.69, 9.17) is 4.74 Å². The molecule has 4 aromatic rings. The lowest BCUT2D eigenvalue weighted by molar-refractivity contribution is -0.140. The van der Waals surface area contributed by atoms with Gasteiger partial charge in [-0.3, -0.25) is 13.9 Å². The van der Waals surface area contributed by atoms with Crippen molar-refractivity contribution >= 4 is 27.5 Å². The normalized spacial score (nSPS) is 12.5. The fraction of sp³-hybridized carbons (Fsp3) is 0.278. The van der Waals surface area contributed by atoms with Gasteiger partial charge in [0, 0.05) is 19.0 Å². The van der Waals surface area contributed by atoms with E-state index in [9.17, 15) is 18.0 Å².